The number of aromatic nitrogens is 1. The van der Waals surface area contributed by atoms with Gasteiger partial charge in [0.15, 0.2) is 0 Å². The topological polar surface area (TPSA) is 45.7 Å². The summed E-state index contributed by atoms with van der Waals surface area (Å²) in [6.07, 6.45) is 2.90. The molecule has 1 unspecified atom stereocenters. The zero-order chi connectivity index (χ0) is 18.6. The molecule has 3 heterocycles. The molecule has 0 aliphatic carbocycles. The molecule has 5 nitrogen and oxygen atoms in total. The first-order valence-corrected chi connectivity index (χ1v) is 10.7. The van der Waals surface area contributed by atoms with Crippen molar-refractivity contribution in [3.8, 4) is 5.88 Å². The summed E-state index contributed by atoms with van der Waals surface area (Å²) < 4.78 is 5.92. The maximum Gasteiger partial charge on any atom is 0.254 e. The van der Waals surface area contributed by atoms with E-state index in [1.54, 1.807) is 18.3 Å². The lowest BCUT2D eigenvalue weighted by Gasteiger charge is -2.36. The van der Waals surface area contributed by atoms with Gasteiger partial charge in [-0.15, -0.1) is 0 Å². The number of anilines is 1. The van der Waals surface area contributed by atoms with Crippen LogP contribution in [-0.2, 0) is 0 Å². The predicted octanol–water partition coefficient (Wildman–Crippen LogP) is 3.58. The van der Waals surface area contributed by atoms with Crippen LogP contribution >= 0.6 is 23.4 Å². The van der Waals surface area contributed by atoms with Crippen molar-refractivity contribution in [2.24, 2.45) is 0 Å². The Morgan fingerprint density at radius 2 is 2.04 bits per heavy atom. The Labute approximate surface area is 168 Å². The summed E-state index contributed by atoms with van der Waals surface area (Å²) in [7, 11) is 0. The summed E-state index contributed by atoms with van der Waals surface area (Å²) in [5, 5.41) is 0.732. The van der Waals surface area contributed by atoms with Crippen molar-refractivity contribution in [3.05, 3.63) is 53.2 Å². The normalized spacial score (nSPS) is 20.0. The molecule has 1 amide bonds. The van der Waals surface area contributed by atoms with E-state index in [0.717, 1.165) is 41.7 Å². The number of hydrogen-bond acceptors (Lipinski definition) is 5. The lowest BCUT2D eigenvalue weighted by Crippen LogP contribution is -2.48. The molecule has 7 heteroatoms. The van der Waals surface area contributed by atoms with Crippen molar-refractivity contribution >= 4 is 35.0 Å². The van der Waals surface area contributed by atoms with Crippen LogP contribution < -0.4 is 9.64 Å². The molecular formula is C20H22ClN3O2S. The highest BCUT2D eigenvalue weighted by molar-refractivity contribution is 7.99. The lowest BCUT2D eigenvalue weighted by molar-refractivity contribution is 0.0745. The summed E-state index contributed by atoms with van der Waals surface area (Å²) in [6.45, 7) is 2.95. The third kappa shape index (κ3) is 4.50. The van der Waals surface area contributed by atoms with Crippen LogP contribution in [0.3, 0.4) is 0 Å². The second-order valence-corrected chi connectivity index (χ2v) is 8.33. The van der Waals surface area contributed by atoms with Crippen molar-refractivity contribution in [2.75, 3.05) is 42.6 Å². The van der Waals surface area contributed by atoms with Gasteiger partial charge in [0.05, 0.1) is 0 Å². The summed E-state index contributed by atoms with van der Waals surface area (Å²) in [5.74, 6) is 2.70. The third-order valence-electron chi connectivity index (χ3n) is 4.90. The average Bonchev–Trinajstić information content (AvgIpc) is 3.21. The highest BCUT2D eigenvalue weighted by Gasteiger charge is 2.23. The molecule has 1 aromatic carbocycles. The lowest BCUT2D eigenvalue weighted by atomic mass is 10.2. The van der Waals surface area contributed by atoms with Crippen LogP contribution in [0.1, 0.15) is 16.8 Å². The van der Waals surface area contributed by atoms with Crippen LogP contribution in [0.15, 0.2) is 42.6 Å². The Morgan fingerprint density at radius 1 is 1.19 bits per heavy atom. The molecule has 2 aromatic rings. The zero-order valence-corrected chi connectivity index (χ0v) is 16.6. The van der Waals surface area contributed by atoms with Gasteiger partial charge in [0, 0.05) is 60.5 Å². The Bertz CT molecular complexity index is 805. The van der Waals surface area contributed by atoms with Crippen LogP contribution in [0.4, 0.5) is 5.69 Å². The molecule has 2 aliphatic heterocycles. The van der Waals surface area contributed by atoms with E-state index < -0.39 is 0 Å². The highest BCUT2D eigenvalue weighted by atomic mass is 35.5. The first kappa shape index (κ1) is 18.4. The van der Waals surface area contributed by atoms with Gasteiger partial charge in [0.25, 0.3) is 5.91 Å². The quantitative estimate of drug-likeness (QED) is 0.780. The smallest absolute Gasteiger partial charge is 0.254 e. The molecule has 2 saturated heterocycles. The maximum absolute atomic E-state index is 12.9. The van der Waals surface area contributed by atoms with Gasteiger partial charge in [0.2, 0.25) is 5.88 Å². The minimum Gasteiger partial charge on any atom is -0.473 e. The van der Waals surface area contributed by atoms with E-state index in [1.165, 1.54) is 0 Å². The minimum atomic E-state index is 0.0359. The molecule has 2 fully saturated rings. The number of halogens is 1. The monoisotopic (exact) mass is 403 g/mol. The molecule has 27 heavy (non-hydrogen) atoms. The Morgan fingerprint density at radius 3 is 2.78 bits per heavy atom. The van der Waals surface area contributed by atoms with Crippen LogP contribution in [0.5, 0.6) is 5.88 Å². The number of pyridine rings is 1. The van der Waals surface area contributed by atoms with Crippen LogP contribution in [0, 0.1) is 0 Å². The second kappa shape index (κ2) is 8.40. The van der Waals surface area contributed by atoms with E-state index in [2.05, 4.69) is 16.0 Å². The number of amides is 1. The number of benzene rings is 1. The molecule has 0 bridgehead atoms. The number of piperazine rings is 1. The van der Waals surface area contributed by atoms with Gasteiger partial charge in [-0.25, -0.2) is 4.98 Å². The minimum absolute atomic E-state index is 0.0359. The summed E-state index contributed by atoms with van der Waals surface area (Å²) in [5.41, 5.74) is 1.74. The van der Waals surface area contributed by atoms with E-state index in [4.69, 9.17) is 16.3 Å². The first-order chi connectivity index (χ1) is 13.2. The second-order valence-electron chi connectivity index (χ2n) is 6.75. The van der Waals surface area contributed by atoms with Gasteiger partial charge in [0.1, 0.15) is 6.10 Å². The molecule has 1 aromatic heterocycles. The number of rotatable bonds is 4. The number of ether oxygens (including phenoxy) is 1. The Hall–Kier alpha value is -1.92. The van der Waals surface area contributed by atoms with Crippen LogP contribution in [-0.4, -0.2) is 59.6 Å². The van der Waals surface area contributed by atoms with E-state index in [-0.39, 0.29) is 12.0 Å². The van der Waals surface area contributed by atoms with Crippen molar-refractivity contribution in [3.63, 3.8) is 0 Å². The number of carbonyl (C=O) groups excluding carboxylic acids is 1. The molecule has 1 atom stereocenters. The van der Waals surface area contributed by atoms with E-state index >= 15 is 0 Å². The van der Waals surface area contributed by atoms with Gasteiger partial charge in [-0.05, 0) is 36.4 Å². The van der Waals surface area contributed by atoms with Crippen molar-refractivity contribution in [1.29, 1.82) is 0 Å². The zero-order valence-electron chi connectivity index (χ0n) is 15.0. The first-order valence-electron chi connectivity index (χ1n) is 9.19. The fourth-order valence-corrected chi connectivity index (χ4v) is 4.69. The molecule has 142 valence electrons. The van der Waals surface area contributed by atoms with Gasteiger partial charge >= 0.3 is 0 Å². The summed E-state index contributed by atoms with van der Waals surface area (Å²) in [6, 6.07) is 11.4. The fourth-order valence-electron chi connectivity index (χ4n) is 3.41. The fraction of sp³-hybridized carbons (Fsp3) is 0.400. The molecule has 0 N–H and O–H groups in total. The van der Waals surface area contributed by atoms with Crippen molar-refractivity contribution < 1.29 is 9.53 Å². The largest absolute Gasteiger partial charge is 0.473 e. The van der Waals surface area contributed by atoms with Gasteiger partial charge in [-0.1, -0.05) is 17.7 Å². The third-order valence-corrected chi connectivity index (χ3v) is 6.26. The standard InChI is InChI=1S/C20H22ClN3O2S/c21-16-2-1-3-17(13-16)23-7-9-24(10-8-23)20(25)15-4-6-22-19(12-15)26-18-5-11-27-14-18/h1-4,6,12-13,18H,5,7-11,14H2. The molecule has 4 rings (SSSR count). The molecule has 0 spiro atoms. The average molecular weight is 404 g/mol. The molecule has 2 aliphatic rings. The molecular weight excluding hydrogens is 382 g/mol. The Kier molecular flexibility index (Phi) is 5.74. The number of hydrogen-bond donors (Lipinski definition) is 0. The van der Waals surface area contributed by atoms with Crippen molar-refractivity contribution in [1.82, 2.24) is 9.88 Å². The molecule has 0 radical (unpaired) electrons. The van der Waals surface area contributed by atoms with E-state index in [9.17, 15) is 4.79 Å². The van der Waals surface area contributed by atoms with Crippen LogP contribution in [0.2, 0.25) is 5.02 Å². The molecule has 0 saturated carbocycles. The summed E-state index contributed by atoms with van der Waals surface area (Å²) in [4.78, 5) is 21.3. The van der Waals surface area contributed by atoms with E-state index in [0.29, 0.717) is 24.5 Å². The Balaban J connectivity index is 1.37. The number of thioether (sulfide) groups is 1. The van der Waals surface area contributed by atoms with E-state index in [1.807, 2.05) is 34.9 Å². The van der Waals surface area contributed by atoms with Gasteiger partial charge in [-0.3, -0.25) is 4.79 Å². The number of nitrogens with zero attached hydrogens (tertiary/aromatic N) is 3. The van der Waals surface area contributed by atoms with Gasteiger partial charge < -0.3 is 14.5 Å². The van der Waals surface area contributed by atoms with Crippen molar-refractivity contribution in [2.45, 2.75) is 12.5 Å². The van der Waals surface area contributed by atoms with Gasteiger partial charge in [-0.2, -0.15) is 11.8 Å². The van der Waals surface area contributed by atoms with Crippen LogP contribution in [0.25, 0.3) is 0 Å². The summed E-state index contributed by atoms with van der Waals surface area (Å²) >= 11 is 7.98. The SMILES string of the molecule is O=C(c1ccnc(OC2CCSC2)c1)N1CCN(c2cccc(Cl)c2)CC1. The maximum atomic E-state index is 12.9. The predicted molar refractivity (Wildman–Crippen MR) is 110 cm³/mol. The number of carbonyl (C=O) groups is 1. The highest BCUT2D eigenvalue weighted by Crippen LogP contribution is 2.24.